The summed E-state index contributed by atoms with van der Waals surface area (Å²) in [6.07, 6.45) is 1.02. The van der Waals surface area contributed by atoms with Crippen LogP contribution >= 0.6 is 11.6 Å². The maximum Gasteiger partial charge on any atom is 0.224 e. The zero-order valence-corrected chi connectivity index (χ0v) is 21.9. The minimum Gasteiger partial charge on any atom is -0.497 e. The highest BCUT2D eigenvalue weighted by molar-refractivity contribution is 6.28. The van der Waals surface area contributed by atoms with Crippen molar-refractivity contribution in [1.29, 1.82) is 0 Å². The van der Waals surface area contributed by atoms with E-state index in [4.69, 9.17) is 25.8 Å². The Morgan fingerprint density at radius 2 is 1.46 bits per heavy atom. The molecule has 0 aliphatic carbocycles. The van der Waals surface area contributed by atoms with Crippen molar-refractivity contribution < 1.29 is 18.6 Å². The average Bonchev–Trinajstić information content (AvgIpc) is 2.98. The second-order valence-electron chi connectivity index (χ2n) is 8.58. The number of aromatic nitrogens is 2. The zero-order chi connectivity index (χ0) is 27.0. The second-order valence-corrected chi connectivity index (χ2v) is 8.92. The fourth-order valence-electron chi connectivity index (χ4n) is 3.94. The summed E-state index contributed by atoms with van der Waals surface area (Å²) >= 11 is 5.91. The van der Waals surface area contributed by atoms with Gasteiger partial charge in [-0.3, -0.25) is 0 Å². The number of benzene rings is 4. The highest BCUT2D eigenvalue weighted by Crippen LogP contribution is 2.39. The normalized spacial score (nSPS) is 10.6. The summed E-state index contributed by atoms with van der Waals surface area (Å²) in [6.45, 7) is 0.751. The molecule has 6 nitrogen and oxygen atoms in total. The van der Waals surface area contributed by atoms with E-state index in [0.29, 0.717) is 36.1 Å². The van der Waals surface area contributed by atoms with Crippen molar-refractivity contribution >= 4 is 23.1 Å². The summed E-state index contributed by atoms with van der Waals surface area (Å²) in [6, 6.07) is 30.9. The van der Waals surface area contributed by atoms with Gasteiger partial charge >= 0.3 is 0 Å². The predicted molar refractivity (Wildman–Crippen MR) is 150 cm³/mol. The number of halogens is 2. The lowest BCUT2D eigenvalue weighted by atomic mass is 10.0. The summed E-state index contributed by atoms with van der Waals surface area (Å²) in [4.78, 5) is 7.67. The molecule has 0 atom stereocenters. The summed E-state index contributed by atoms with van der Waals surface area (Å²) in [5.41, 5.74) is 4.20. The first-order chi connectivity index (χ1) is 19.1. The minimum atomic E-state index is -0.627. The Morgan fingerprint density at radius 1 is 0.795 bits per heavy atom. The van der Waals surface area contributed by atoms with E-state index >= 15 is 0 Å². The standard InChI is InChI=1S/C31H25ClFN3O3/c1-37-24-13-14-27(35-30-26(33)18-34-31(32)36-30)25(17-24)23-12-15-28(38-19-21-8-4-2-5-9-21)29(16-23)39-20-22-10-6-3-7-11-22/h2-18H,19-20H2,1H3,(H,34,35,36). The maximum absolute atomic E-state index is 14.4. The van der Waals surface area contributed by atoms with Crippen LogP contribution in [0.15, 0.2) is 103 Å². The first-order valence-electron chi connectivity index (χ1n) is 12.2. The van der Waals surface area contributed by atoms with Crippen molar-refractivity contribution in [2.75, 3.05) is 12.4 Å². The van der Waals surface area contributed by atoms with Crippen molar-refractivity contribution in [3.05, 3.63) is 125 Å². The van der Waals surface area contributed by atoms with E-state index < -0.39 is 5.82 Å². The first-order valence-corrected chi connectivity index (χ1v) is 12.6. The number of methoxy groups -OCH3 is 1. The van der Waals surface area contributed by atoms with Crippen LogP contribution in [-0.2, 0) is 13.2 Å². The molecule has 1 heterocycles. The molecule has 0 radical (unpaired) electrons. The molecule has 0 aliphatic rings. The van der Waals surface area contributed by atoms with Gasteiger partial charge in [0, 0.05) is 11.3 Å². The molecule has 0 fully saturated rings. The van der Waals surface area contributed by atoms with Gasteiger partial charge in [-0.2, -0.15) is 4.98 Å². The third-order valence-corrected chi connectivity index (χ3v) is 6.11. The van der Waals surface area contributed by atoms with Crippen molar-refractivity contribution in [1.82, 2.24) is 9.97 Å². The molecule has 0 amide bonds. The van der Waals surface area contributed by atoms with Crippen molar-refractivity contribution in [2.24, 2.45) is 0 Å². The third-order valence-electron chi connectivity index (χ3n) is 5.92. The zero-order valence-electron chi connectivity index (χ0n) is 21.1. The van der Waals surface area contributed by atoms with Crippen LogP contribution in [0, 0.1) is 5.82 Å². The molecule has 1 aromatic heterocycles. The average molecular weight is 542 g/mol. The SMILES string of the molecule is COc1ccc(Nc2nc(Cl)ncc2F)c(-c2ccc(OCc3ccccc3)c(OCc3ccccc3)c2)c1. The molecular weight excluding hydrogens is 517 g/mol. The molecule has 196 valence electrons. The van der Waals surface area contributed by atoms with Gasteiger partial charge in [0.1, 0.15) is 19.0 Å². The monoisotopic (exact) mass is 541 g/mol. The Balaban J connectivity index is 1.51. The molecule has 39 heavy (non-hydrogen) atoms. The molecule has 0 saturated carbocycles. The molecule has 4 aromatic carbocycles. The van der Waals surface area contributed by atoms with E-state index in [-0.39, 0.29) is 11.1 Å². The molecule has 5 rings (SSSR count). The van der Waals surface area contributed by atoms with Gasteiger partial charge in [0.05, 0.1) is 13.3 Å². The van der Waals surface area contributed by atoms with E-state index in [1.54, 1.807) is 19.2 Å². The Morgan fingerprint density at radius 3 is 2.13 bits per heavy atom. The van der Waals surface area contributed by atoms with E-state index in [0.717, 1.165) is 28.5 Å². The number of rotatable bonds is 10. The lowest BCUT2D eigenvalue weighted by Crippen LogP contribution is -2.02. The molecule has 1 N–H and O–H groups in total. The second kappa shape index (κ2) is 12.3. The molecule has 0 spiro atoms. The lowest BCUT2D eigenvalue weighted by molar-refractivity contribution is 0.256. The van der Waals surface area contributed by atoms with Gasteiger partial charge in [-0.1, -0.05) is 66.7 Å². The molecule has 0 bridgehead atoms. The first kappa shape index (κ1) is 26.0. The van der Waals surface area contributed by atoms with Crippen molar-refractivity contribution in [3.63, 3.8) is 0 Å². The molecule has 0 aliphatic heterocycles. The summed E-state index contributed by atoms with van der Waals surface area (Å²) in [7, 11) is 1.59. The lowest BCUT2D eigenvalue weighted by Gasteiger charge is -2.17. The van der Waals surface area contributed by atoms with Crippen LogP contribution in [0.2, 0.25) is 5.28 Å². The van der Waals surface area contributed by atoms with Crippen molar-refractivity contribution in [2.45, 2.75) is 13.2 Å². The van der Waals surface area contributed by atoms with Crippen LogP contribution < -0.4 is 19.5 Å². The Bertz CT molecular complexity index is 1550. The highest BCUT2D eigenvalue weighted by Gasteiger charge is 2.15. The number of hydrogen-bond donors (Lipinski definition) is 1. The van der Waals surface area contributed by atoms with Gasteiger partial charge in [0.25, 0.3) is 0 Å². The predicted octanol–water partition coefficient (Wildman–Crippen LogP) is 7.85. The number of ether oxygens (including phenoxy) is 3. The van der Waals surface area contributed by atoms with Gasteiger partial charge in [0.2, 0.25) is 5.28 Å². The van der Waals surface area contributed by atoms with Gasteiger partial charge in [0.15, 0.2) is 23.1 Å². The van der Waals surface area contributed by atoms with Gasteiger partial charge in [-0.15, -0.1) is 0 Å². The van der Waals surface area contributed by atoms with E-state index in [9.17, 15) is 4.39 Å². The number of hydrogen-bond acceptors (Lipinski definition) is 6. The van der Waals surface area contributed by atoms with Crippen LogP contribution in [0.4, 0.5) is 15.9 Å². The summed E-state index contributed by atoms with van der Waals surface area (Å²) in [5.74, 6) is 1.14. The fraction of sp³-hybridized carbons (Fsp3) is 0.0968. The largest absolute Gasteiger partial charge is 0.497 e. The molecule has 0 saturated heterocycles. The van der Waals surface area contributed by atoms with Crippen LogP contribution in [0.3, 0.4) is 0 Å². The van der Waals surface area contributed by atoms with E-state index in [1.165, 1.54) is 0 Å². The highest BCUT2D eigenvalue weighted by atomic mass is 35.5. The van der Waals surface area contributed by atoms with E-state index in [2.05, 4.69) is 15.3 Å². The third kappa shape index (κ3) is 6.64. The molecule has 5 aromatic rings. The quantitative estimate of drug-likeness (QED) is 0.182. The fourth-order valence-corrected chi connectivity index (χ4v) is 4.07. The summed E-state index contributed by atoms with van der Waals surface area (Å²) in [5, 5.41) is 2.97. The Labute approximate surface area is 231 Å². The number of nitrogens with one attached hydrogen (secondary N) is 1. The van der Waals surface area contributed by atoms with Gasteiger partial charge in [-0.25, -0.2) is 9.37 Å². The number of nitrogens with zero attached hydrogens (tertiary/aromatic N) is 2. The maximum atomic E-state index is 14.4. The van der Waals surface area contributed by atoms with E-state index in [1.807, 2.05) is 84.9 Å². The van der Waals surface area contributed by atoms with Crippen LogP contribution in [0.25, 0.3) is 11.1 Å². The molecule has 0 unspecified atom stereocenters. The van der Waals surface area contributed by atoms with Crippen LogP contribution in [-0.4, -0.2) is 17.1 Å². The summed E-state index contributed by atoms with van der Waals surface area (Å²) < 4.78 is 32.3. The molecular formula is C31H25ClFN3O3. The Hall–Kier alpha value is -4.62. The molecule has 8 heteroatoms. The van der Waals surface area contributed by atoms with Crippen molar-refractivity contribution in [3.8, 4) is 28.4 Å². The van der Waals surface area contributed by atoms with Gasteiger partial charge < -0.3 is 19.5 Å². The Kier molecular flexibility index (Phi) is 8.19. The van der Waals surface area contributed by atoms with Gasteiger partial charge in [-0.05, 0) is 58.6 Å². The van der Waals surface area contributed by atoms with Crippen LogP contribution in [0.1, 0.15) is 11.1 Å². The minimum absolute atomic E-state index is 0.0372. The smallest absolute Gasteiger partial charge is 0.224 e. The van der Waals surface area contributed by atoms with Crippen LogP contribution in [0.5, 0.6) is 17.2 Å². The number of anilines is 2. The topological polar surface area (TPSA) is 65.5 Å².